The van der Waals surface area contributed by atoms with Gasteiger partial charge in [-0.1, -0.05) is 35.9 Å². The molecule has 1 aliphatic rings. The summed E-state index contributed by atoms with van der Waals surface area (Å²) in [5, 5.41) is 6.60. The fourth-order valence-electron chi connectivity index (χ4n) is 3.53. The highest BCUT2D eigenvalue weighted by atomic mass is 35.5. The number of rotatable bonds is 3. The number of aromatic nitrogens is 1. The van der Waals surface area contributed by atoms with Crippen LogP contribution in [0.3, 0.4) is 0 Å². The Morgan fingerprint density at radius 1 is 0.929 bits per heavy atom. The zero-order chi connectivity index (χ0) is 19.8. The Bertz CT molecular complexity index is 1130. The topological polar surface area (TPSA) is 37.6 Å². The summed E-state index contributed by atoms with van der Waals surface area (Å²) < 4.78 is 2.14. The second-order valence-corrected chi connectivity index (χ2v) is 7.27. The molecule has 5 heteroatoms. The normalized spacial score (nSPS) is 15.4. The van der Waals surface area contributed by atoms with Crippen molar-refractivity contribution in [3.05, 3.63) is 88.2 Å². The van der Waals surface area contributed by atoms with Crippen LogP contribution in [0.2, 0.25) is 5.02 Å². The van der Waals surface area contributed by atoms with Gasteiger partial charge in [-0.05, 0) is 68.8 Å². The smallest absolute Gasteiger partial charge is 0.280 e. The summed E-state index contributed by atoms with van der Waals surface area (Å²) >= 11 is 6.17. The van der Waals surface area contributed by atoms with Crippen molar-refractivity contribution in [3.63, 3.8) is 0 Å². The second-order valence-electron chi connectivity index (χ2n) is 6.84. The SMILES string of the molecule is CC1=NN(c2ccccc2)C(=O)/C1=C/c1cc(C)n(-c2cccc(Cl)c2)c1C. The first kappa shape index (κ1) is 18.3. The molecule has 0 saturated carbocycles. The van der Waals surface area contributed by atoms with Crippen molar-refractivity contribution < 1.29 is 4.79 Å². The highest BCUT2D eigenvalue weighted by Gasteiger charge is 2.29. The number of hydrogen-bond acceptors (Lipinski definition) is 2. The van der Waals surface area contributed by atoms with E-state index in [4.69, 9.17) is 11.6 Å². The lowest BCUT2D eigenvalue weighted by molar-refractivity contribution is -0.114. The number of anilines is 1. The Hall–Kier alpha value is -3.11. The Kier molecular flexibility index (Phi) is 4.65. The maximum atomic E-state index is 13.0. The molecule has 1 amide bonds. The van der Waals surface area contributed by atoms with Crippen LogP contribution in [-0.2, 0) is 4.79 Å². The van der Waals surface area contributed by atoms with E-state index in [0.717, 1.165) is 28.3 Å². The molecule has 0 N–H and O–H groups in total. The number of carbonyl (C=O) groups excluding carboxylic acids is 1. The predicted molar refractivity (Wildman–Crippen MR) is 115 cm³/mol. The van der Waals surface area contributed by atoms with Crippen molar-refractivity contribution >= 4 is 35.0 Å². The second kappa shape index (κ2) is 7.13. The number of halogens is 1. The van der Waals surface area contributed by atoms with Gasteiger partial charge in [-0.2, -0.15) is 10.1 Å². The number of carbonyl (C=O) groups is 1. The van der Waals surface area contributed by atoms with E-state index >= 15 is 0 Å². The summed E-state index contributed by atoms with van der Waals surface area (Å²) in [6.45, 7) is 5.95. The van der Waals surface area contributed by atoms with Gasteiger partial charge in [0, 0.05) is 22.1 Å². The first-order chi connectivity index (χ1) is 13.5. The summed E-state index contributed by atoms with van der Waals surface area (Å²) in [6, 6.07) is 19.3. The van der Waals surface area contributed by atoms with Gasteiger partial charge in [0.25, 0.3) is 5.91 Å². The number of aryl methyl sites for hydroxylation is 1. The van der Waals surface area contributed by atoms with Crippen molar-refractivity contribution in [1.82, 2.24) is 4.57 Å². The molecule has 2 aromatic carbocycles. The number of hydrogen-bond donors (Lipinski definition) is 0. The van der Waals surface area contributed by atoms with Gasteiger partial charge in [0.2, 0.25) is 0 Å². The van der Waals surface area contributed by atoms with E-state index in [2.05, 4.69) is 15.7 Å². The third kappa shape index (κ3) is 3.16. The first-order valence-electron chi connectivity index (χ1n) is 9.07. The first-order valence-corrected chi connectivity index (χ1v) is 9.45. The van der Waals surface area contributed by atoms with Gasteiger partial charge in [-0.25, -0.2) is 0 Å². The molecule has 2 heterocycles. The maximum Gasteiger partial charge on any atom is 0.280 e. The summed E-state index contributed by atoms with van der Waals surface area (Å²) in [6.07, 6.45) is 1.92. The van der Waals surface area contributed by atoms with Crippen LogP contribution < -0.4 is 5.01 Å². The standard InChI is InChI=1S/C23H20ClN3O/c1-15-12-18(17(3)26(15)21-11-7-8-19(24)14-21)13-22-16(2)25-27(23(22)28)20-9-5-4-6-10-20/h4-14H,1-3H3/b22-13+. The summed E-state index contributed by atoms with van der Waals surface area (Å²) in [5.74, 6) is -0.115. The van der Waals surface area contributed by atoms with Crippen molar-refractivity contribution in [2.24, 2.45) is 5.10 Å². The van der Waals surface area contributed by atoms with Crippen LogP contribution in [0.25, 0.3) is 11.8 Å². The molecule has 0 unspecified atom stereocenters. The number of amides is 1. The van der Waals surface area contributed by atoms with Gasteiger partial charge >= 0.3 is 0 Å². The minimum absolute atomic E-state index is 0.115. The van der Waals surface area contributed by atoms with Crippen LogP contribution in [0.15, 0.2) is 71.3 Å². The fourth-order valence-corrected chi connectivity index (χ4v) is 3.71. The van der Waals surface area contributed by atoms with E-state index in [9.17, 15) is 4.79 Å². The molecule has 28 heavy (non-hydrogen) atoms. The monoisotopic (exact) mass is 389 g/mol. The summed E-state index contributed by atoms with van der Waals surface area (Å²) in [7, 11) is 0. The van der Waals surface area contributed by atoms with E-state index in [1.807, 2.05) is 81.4 Å². The molecule has 1 aromatic heterocycles. The molecule has 0 saturated heterocycles. The van der Waals surface area contributed by atoms with Crippen LogP contribution in [0.5, 0.6) is 0 Å². The third-order valence-corrected chi connectivity index (χ3v) is 5.13. The van der Waals surface area contributed by atoms with Crippen LogP contribution >= 0.6 is 11.6 Å². The van der Waals surface area contributed by atoms with Gasteiger partial charge in [-0.15, -0.1) is 0 Å². The van der Waals surface area contributed by atoms with Gasteiger partial charge in [-0.3, -0.25) is 4.79 Å². The molecule has 0 atom stereocenters. The minimum Gasteiger partial charge on any atom is -0.318 e. The molecule has 4 rings (SSSR count). The molecule has 0 aliphatic carbocycles. The van der Waals surface area contributed by atoms with E-state index in [0.29, 0.717) is 16.3 Å². The van der Waals surface area contributed by atoms with Gasteiger partial charge in [0.05, 0.1) is 17.0 Å². The fraction of sp³-hybridized carbons (Fsp3) is 0.130. The van der Waals surface area contributed by atoms with E-state index < -0.39 is 0 Å². The Labute approximate surface area is 169 Å². The molecular formula is C23H20ClN3O. The van der Waals surface area contributed by atoms with Crippen molar-refractivity contribution in [3.8, 4) is 5.69 Å². The maximum absolute atomic E-state index is 13.0. The Morgan fingerprint density at radius 3 is 2.36 bits per heavy atom. The zero-order valence-electron chi connectivity index (χ0n) is 16.0. The predicted octanol–water partition coefficient (Wildman–Crippen LogP) is 5.55. The van der Waals surface area contributed by atoms with E-state index in [-0.39, 0.29) is 5.91 Å². The van der Waals surface area contributed by atoms with Crippen LogP contribution in [0.4, 0.5) is 5.69 Å². The van der Waals surface area contributed by atoms with Gasteiger partial charge in [0.15, 0.2) is 0 Å². The van der Waals surface area contributed by atoms with Gasteiger partial charge in [0.1, 0.15) is 0 Å². The number of hydrazone groups is 1. The van der Waals surface area contributed by atoms with Crippen molar-refractivity contribution in [1.29, 1.82) is 0 Å². The Balaban J connectivity index is 1.73. The molecule has 4 nitrogen and oxygen atoms in total. The number of nitrogens with zero attached hydrogens (tertiary/aromatic N) is 3. The lowest BCUT2D eigenvalue weighted by Crippen LogP contribution is -2.21. The lowest BCUT2D eigenvalue weighted by atomic mass is 10.1. The van der Waals surface area contributed by atoms with E-state index in [1.54, 1.807) is 0 Å². The molecule has 0 radical (unpaired) electrons. The average molecular weight is 390 g/mol. The van der Waals surface area contributed by atoms with Crippen molar-refractivity contribution in [2.75, 3.05) is 5.01 Å². The largest absolute Gasteiger partial charge is 0.318 e. The summed E-state index contributed by atoms with van der Waals surface area (Å²) in [5.41, 5.74) is 6.19. The molecule has 3 aromatic rings. The summed E-state index contributed by atoms with van der Waals surface area (Å²) in [4.78, 5) is 13.0. The third-order valence-electron chi connectivity index (χ3n) is 4.90. The molecule has 1 aliphatic heterocycles. The number of para-hydroxylation sites is 1. The quantitative estimate of drug-likeness (QED) is 0.541. The zero-order valence-corrected chi connectivity index (χ0v) is 16.7. The van der Waals surface area contributed by atoms with Crippen LogP contribution in [0.1, 0.15) is 23.9 Å². The van der Waals surface area contributed by atoms with Crippen molar-refractivity contribution in [2.45, 2.75) is 20.8 Å². The molecule has 0 bridgehead atoms. The van der Waals surface area contributed by atoms with Crippen LogP contribution in [-0.4, -0.2) is 16.2 Å². The molecule has 0 spiro atoms. The van der Waals surface area contributed by atoms with Gasteiger partial charge < -0.3 is 4.57 Å². The average Bonchev–Trinajstić information content (AvgIpc) is 3.12. The van der Waals surface area contributed by atoms with E-state index in [1.165, 1.54) is 5.01 Å². The Morgan fingerprint density at radius 2 is 1.64 bits per heavy atom. The molecular weight excluding hydrogens is 370 g/mol. The van der Waals surface area contributed by atoms with Crippen LogP contribution in [0, 0.1) is 13.8 Å². The highest BCUT2D eigenvalue weighted by molar-refractivity contribution is 6.32. The lowest BCUT2D eigenvalue weighted by Gasteiger charge is -2.11. The number of benzene rings is 2. The molecule has 0 fully saturated rings. The highest BCUT2D eigenvalue weighted by Crippen LogP contribution is 2.28. The molecule has 140 valence electrons. The minimum atomic E-state index is -0.115.